The van der Waals surface area contributed by atoms with Gasteiger partial charge in [-0.3, -0.25) is 20.1 Å². The zero-order chi connectivity index (χ0) is 19.6. The number of hydrogen-bond acceptors (Lipinski definition) is 6. The zero-order valence-electron chi connectivity index (χ0n) is 15.7. The van der Waals surface area contributed by atoms with Gasteiger partial charge in [0.1, 0.15) is 0 Å². The summed E-state index contributed by atoms with van der Waals surface area (Å²) < 4.78 is 0. The van der Waals surface area contributed by atoms with Gasteiger partial charge in [-0.1, -0.05) is 44.2 Å². The van der Waals surface area contributed by atoms with Crippen molar-refractivity contribution in [3.05, 3.63) is 60.2 Å². The summed E-state index contributed by atoms with van der Waals surface area (Å²) in [7, 11) is -1.60. The molecule has 0 aliphatic rings. The molecule has 0 unspecified atom stereocenters. The van der Waals surface area contributed by atoms with Gasteiger partial charge in [0.15, 0.2) is 0 Å². The third-order valence-electron chi connectivity index (χ3n) is 4.16. The van der Waals surface area contributed by atoms with Crippen molar-refractivity contribution in [2.45, 2.75) is 45.2 Å². The van der Waals surface area contributed by atoms with Crippen LogP contribution >= 0.6 is 0 Å². The summed E-state index contributed by atoms with van der Waals surface area (Å²) in [5.74, 6) is -0.771. The first-order chi connectivity index (χ1) is 13.0. The molecule has 0 saturated carbocycles. The molecule has 4 N–H and O–H groups in total. The Morgan fingerprint density at radius 1 is 1.19 bits per heavy atom. The number of rotatable bonds is 10. The third kappa shape index (κ3) is 7.46. The Hall–Kier alpha value is -2.29. The molecule has 27 heavy (non-hydrogen) atoms. The van der Waals surface area contributed by atoms with Crippen LogP contribution in [0.15, 0.2) is 48.9 Å². The first-order valence-electron chi connectivity index (χ1n) is 9.14. The number of carbonyl (C=O) groups excluding carboxylic acids is 1. The first kappa shape index (κ1) is 21.0. The third-order valence-corrected chi connectivity index (χ3v) is 4.16. The van der Waals surface area contributed by atoms with Crippen LogP contribution < -0.4 is 10.6 Å². The number of carbonyl (C=O) groups is 1. The van der Waals surface area contributed by atoms with Crippen molar-refractivity contribution in [3.8, 4) is 0 Å². The second-order valence-electron chi connectivity index (χ2n) is 6.98. The minimum atomic E-state index is -1.60. The lowest BCUT2D eigenvalue weighted by Gasteiger charge is -2.24. The van der Waals surface area contributed by atoms with Crippen molar-refractivity contribution < 1.29 is 14.8 Å². The lowest BCUT2D eigenvalue weighted by atomic mass is 9.75. The largest absolute Gasteiger partial charge is 0.475 e. The van der Waals surface area contributed by atoms with Crippen LogP contribution in [0, 0.1) is 5.92 Å². The molecule has 0 radical (unpaired) electrons. The Morgan fingerprint density at radius 3 is 2.52 bits per heavy atom. The highest BCUT2D eigenvalue weighted by Crippen LogP contribution is 2.08. The molecule has 1 heterocycles. The van der Waals surface area contributed by atoms with E-state index < -0.39 is 19.1 Å². The molecule has 1 aromatic heterocycles. The van der Waals surface area contributed by atoms with Crippen molar-refractivity contribution in [2.75, 3.05) is 0 Å². The topological polar surface area (TPSA) is 107 Å². The van der Waals surface area contributed by atoms with E-state index in [2.05, 4.69) is 20.6 Å². The molecule has 0 bridgehead atoms. The summed E-state index contributed by atoms with van der Waals surface area (Å²) in [6.45, 7) is 4.32. The van der Waals surface area contributed by atoms with E-state index in [1.165, 1.54) is 0 Å². The molecule has 0 spiro atoms. The van der Waals surface area contributed by atoms with E-state index in [-0.39, 0.29) is 11.8 Å². The molecule has 144 valence electrons. The molecule has 0 saturated heterocycles. The van der Waals surface area contributed by atoms with E-state index in [1.54, 1.807) is 18.6 Å². The number of benzene rings is 1. The maximum Gasteiger partial charge on any atom is 0.475 e. The Balaban J connectivity index is 2.08. The molecule has 2 rings (SSSR count). The minimum Gasteiger partial charge on any atom is -0.426 e. The second-order valence-corrected chi connectivity index (χ2v) is 6.98. The van der Waals surface area contributed by atoms with Crippen LogP contribution in [0.25, 0.3) is 0 Å². The van der Waals surface area contributed by atoms with Gasteiger partial charge in [-0.15, -0.1) is 0 Å². The molecule has 7 nitrogen and oxygen atoms in total. The van der Waals surface area contributed by atoms with Crippen LogP contribution in [0.4, 0.5) is 0 Å². The summed E-state index contributed by atoms with van der Waals surface area (Å²) in [5, 5.41) is 25.2. The molecule has 2 atom stereocenters. The average molecular weight is 370 g/mol. The van der Waals surface area contributed by atoms with E-state index in [4.69, 9.17) is 0 Å². The Morgan fingerprint density at radius 2 is 1.93 bits per heavy atom. The lowest BCUT2D eigenvalue weighted by Crippen LogP contribution is -2.54. The molecule has 0 aliphatic heterocycles. The normalized spacial score (nSPS) is 13.2. The number of hydrogen-bond donors (Lipinski definition) is 4. The summed E-state index contributed by atoms with van der Waals surface area (Å²) in [6.07, 6.45) is 5.79. The van der Waals surface area contributed by atoms with Gasteiger partial charge in [0.05, 0.1) is 17.7 Å². The molecule has 2 aromatic rings. The maximum absolute atomic E-state index is 12.8. The van der Waals surface area contributed by atoms with Crippen LogP contribution in [0.1, 0.15) is 31.5 Å². The summed E-state index contributed by atoms with van der Waals surface area (Å²) in [4.78, 5) is 21.1. The molecule has 0 fully saturated rings. The number of amides is 1. The van der Waals surface area contributed by atoms with Gasteiger partial charge in [-0.05, 0) is 24.3 Å². The SMILES string of the molecule is CC(C)C[C@H](NC(=O)[C@H](Cc1ccccc1)NCc1cnccn1)B(O)O. The summed E-state index contributed by atoms with van der Waals surface area (Å²) in [5.41, 5.74) is 1.73. The molecule has 8 heteroatoms. The van der Waals surface area contributed by atoms with Crippen molar-refractivity contribution in [1.29, 1.82) is 0 Å². The van der Waals surface area contributed by atoms with Crippen LogP contribution in [-0.4, -0.2) is 45.0 Å². The van der Waals surface area contributed by atoms with Gasteiger partial charge in [0.25, 0.3) is 0 Å². The van der Waals surface area contributed by atoms with Crippen molar-refractivity contribution in [1.82, 2.24) is 20.6 Å². The highest BCUT2D eigenvalue weighted by atomic mass is 16.4. The predicted molar refractivity (Wildman–Crippen MR) is 104 cm³/mol. The smallest absolute Gasteiger partial charge is 0.426 e. The molecular formula is C19H27BN4O3. The van der Waals surface area contributed by atoms with Crippen LogP contribution in [-0.2, 0) is 17.8 Å². The molecule has 0 aliphatic carbocycles. The van der Waals surface area contributed by atoms with E-state index in [0.717, 1.165) is 11.3 Å². The van der Waals surface area contributed by atoms with Crippen LogP contribution in [0.5, 0.6) is 0 Å². The van der Waals surface area contributed by atoms with Gasteiger partial charge in [-0.25, -0.2) is 0 Å². The highest BCUT2D eigenvalue weighted by molar-refractivity contribution is 6.43. The number of aromatic nitrogens is 2. The van der Waals surface area contributed by atoms with Gasteiger partial charge in [0.2, 0.25) is 5.91 Å². The quantitative estimate of drug-likeness (QED) is 0.459. The van der Waals surface area contributed by atoms with Crippen LogP contribution in [0.2, 0.25) is 0 Å². The monoisotopic (exact) mass is 370 g/mol. The lowest BCUT2D eigenvalue weighted by molar-refractivity contribution is -0.123. The fraction of sp³-hybridized carbons (Fsp3) is 0.421. The molecule has 1 amide bonds. The number of nitrogens with zero attached hydrogens (tertiary/aromatic N) is 2. The number of nitrogens with one attached hydrogen (secondary N) is 2. The minimum absolute atomic E-state index is 0.220. The maximum atomic E-state index is 12.8. The average Bonchev–Trinajstić information content (AvgIpc) is 2.65. The molecule has 1 aromatic carbocycles. The summed E-state index contributed by atoms with van der Waals surface area (Å²) in [6, 6.07) is 9.14. The second kappa shape index (κ2) is 10.8. The van der Waals surface area contributed by atoms with Crippen LogP contribution in [0.3, 0.4) is 0 Å². The van der Waals surface area contributed by atoms with Gasteiger partial charge in [0, 0.05) is 25.1 Å². The van der Waals surface area contributed by atoms with Gasteiger partial charge in [-0.2, -0.15) is 0 Å². The zero-order valence-corrected chi connectivity index (χ0v) is 15.7. The van der Waals surface area contributed by atoms with Crippen molar-refractivity contribution in [3.63, 3.8) is 0 Å². The Bertz CT molecular complexity index is 686. The molecular weight excluding hydrogens is 343 g/mol. The Kier molecular flexibility index (Phi) is 8.38. The van der Waals surface area contributed by atoms with Crippen molar-refractivity contribution in [2.24, 2.45) is 5.92 Å². The van der Waals surface area contributed by atoms with Gasteiger partial charge < -0.3 is 15.4 Å². The van der Waals surface area contributed by atoms with E-state index in [9.17, 15) is 14.8 Å². The fourth-order valence-electron chi connectivity index (χ4n) is 2.80. The highest BCUT2D eigenvalue weighted by Gasteiger charge is 2.29. The van der Waals surface area contributed by atoms with E-state index in [1.807, 2.05) is 44.2 Å². The Labute approximate surface area is 160 Å². The first-order valence-corrected chi connectivity index (χ1v) is 9.14. The van der Waals surface area contributed by atoms with Crippen molar-refractivity contribution >= 4 is 13.0 Å². The van der Waals surface area contributed by atoms with E-state index in [0.29, 0.717) is 19.4 Å². The predicted octanol–water partition coefficient (Wildman–Crippen LogP) is 0.720. The standard InChI is InChI=1S/C19H27BN4O3/c1-14(2)10-18(20(26)27)24-19(25)17(11-15-6-4-3-5-7-15)23-13-16-12-21-8-9-22-16/h3-9,12,14,17-18,23,26-27H,10-11,13H2,1-2H3,(H,24,25)/t17-,18-/m0/s1. The fourth-order valence-corrected chi connectivity index (χ4v) is 2.80. The van der Waals surface area contributed by atoms with Gasteiger partial charge >= 0.3 is 7.12 Å². The van der Waals surface area contributed by atoms with E-state index >= 15 is 0 Å². The summed E-state index contributed by atoms with van der Waals surface area (Å²) >= 11 is 0.